The molecule has 0 saturated carbocycles. The van der Waals surface area contributed by atoms with Gasteiger partial charge in [0.05, 0.1) is 11.1 Å². The van der Waals surface area contributed by atoms with Gasteiger partial charge in [-0.1, -0.05) is 4.49 Å². The van der Waals surface area contributed by atoms with Gasteiger partial charge in [0.15, 0.2) is 0 Å². The Hall–Kier alpha value is -1.80. The van der Waals surface area contributed by atoms with E-state index >= 15 is 0 Å². The molecule has 8 heteroatoms. The van der Waals surface area contributed by atoms with Gasteiger partial charge in [0.1, 0.15) is 9.88 Å². The van der Waals surface area contributed by atoms with Crippen molar-refractivity contribution in [2.45, 2.75) is 0 Å². The van der Waals surface area contributed by atoms with Crippen LogP contribution in [0.25, 0.3) is 0 Å². The molecule has 0 aromatic carbocycles. The van der Waals surface area contributed by atoms with Crippen molar-refractivity contribution in [2.75, 3.05) is 5.32 Å². The molecule has 0 unspecified atom stereocenters. The van der Waals surface area contributed by atoms with Crippen LogP contribution in [0.3, 0.4) is 0 Å². The van der Waals surface area contributed by atoms with E-state index in [1.807, 2.05) is 0 Å². The highest BCUT2D eigenvalue weighted by Gasteiger charge is 2.13. The summed E-state index contributed by atoms with van der Waals surface area (Å²) in [7, 11) is 0. The van der Waals surface area contributed by atoms with E-state index in [9.17, 15) is 9.59 Å². The first kappa shape index (κ1) is 10.7. The van der Waals surface area contributed by atoms with Gasteiger partial charge in [0.2, 0.25) is 0 Å². The summed E-state index contributed by atoms with van der Waals surface area (Å²) < 4.78 is 3.59. The highest BCUT2D eigenvalue weighted by molar-refractivity contribution is 7.16. The van der Waals surface area contributed by atoms with E-state index in [1.165, 1.54) is 18.3 Å². The number of carboxylic acid groups (broad SMARTS) is 1. The molecule has 2 aromatic heterocycles. The fourth-order valence-electron chi connectivity index (χ4n) is 0.971. The third kappa shape index (κ3) is 2.23. The van der Waals surface area contributed by atoms with E-state index in [0.717, 1.165) is 22.9 Å². The first-order valence-electron chi connectivity index (χ1n) is 4.08. The Labute approximate surface area is 97.7 Å². The zero-order chi connectivity index (χ0) is 11.5. The molecule has 0 radical (unpaired) electrons. The number of carboxylic acids is 1. The number of rotatable bonds is 3. The molecule has 2 aromatic rings. The van der Waals surface area contributed by atoms with Gasteiger partial charge in [0, 0.05) is 11.5 Å². The second kappa shape index (κ2) is 4.37. The van der Waals surface area contributed by atoms with Gasteiger partial charge in [-0.2, -0.15) is 0 Å². The van der Waals surface area contributed by atoms with Gasteiger partial charge in [-0.25, -0.2) is 4.79 Å². The summed E-state index contributed by atoms with van der Waals surface area (Å²) in [5.74, 6) is -1.40. The van der Waals surface area contributed by atoms with Crippen molar-refractivity contribution < 1.29 is 14.7 Å². The van der Waals surface area contributed by atoms with Crippen LogP contribution in [0.2, 0.25) is 0 Å². The number of carbonyl (C=O) groups is 2. The Morgan fingerprint density at radius 1 is 1.31 bits per heavy atom. The van der Waals surface area contributed by atoms with E-state index in [1.54, 1.807) is 0 Å². The summed E-state index contributed by atoms with van der Waals surface area (Å²) in [6, 6.07) is 2.87. The molecule has 0 atom stereocenters. The van der Waals surface area contributed by atoms with Crippen molar-refractivity contribution in [2.24, 2.45) is 0 Å². The van der Waals surface area contributed by atoms with Crippen molar-refractivity contribution in [1.82, 2.24) is 9.59 Å². The van der Waals surface area contributed by atoms with E-state index < -0.39 is 5.97 Å². The first-order chi connectivity index (χ1) is 7.66. The number of aromatic carboxylic acids is 1. The maximum atomic E-state index is 11.6. The maximum Gasteiger partial charge on any atom is 0.345 e. The quantitative estimate of drug-likeness (QED) is 0.868. The van der Waals surface area contributed by atoms with Crippen LogP contribution in [0, 0.1) is 0 Å². The molecular weight excluding hydrogens is 250 g/mol. The van der Waals surface area contributed by atoms with Crippen LogP contribution < -0.4 is 5.32 Å². The van der Waals surface area contributed by atoms with Crippen LogP contribution in [-0.2, 0) is 0 Å². The van der Waals surface area contributed by atoms with Gasteiger partial charge < -0.3 is 10.4 Å². The van der Waals surface area contributed by atoms with Crippen molar-refractivity contribution >= 4 is 39.7 Å². The number of hydrogen-bond donors (Lipinski definition) is 2. The summed E-state index contributed by atoms with van der Waals surface area (Å²) in [6.45, 7) is 0. The van der Waals surface area contributed by atoms with E-state index in [-0.39, 0.29) is 10.8 Å². The van der Waals surface area contributed by atoms with Gasteiger partial charge in [-0.3, -0.25) is 4.79 Å². The molecule has 0 spiro atoms. The average Bonchev–Trinajstić information content (AvgIpc) is 2.86. The Morgan fingerprint density at radius 3 is 2.62 bits per heavy atom. The lowest BCUT2D eigenvalue weighted by Gasteiger charge is -1.96. The van der Waals surface area contributed by atoms with Crippen LogP contribution in [0.15, 0.2) is 18.3 Å². The highest BCUT2D eigenvalue weighted by Crippen LogP contribution is 2.18. The number of carbonyl (C=O) groups excluding carboxylic acids is 1. The van der Waals surface area contributed by atoms with E-state index in [0.29, 0.717) is 9.88 Å². The van der Waals surface area contributed by atoms with Crippen molar-refractivity contribution in [1.29, 1.82) is 0 Å². The molecule has 0 bridgehead atoms. The molecule has 0 aliphatic carbocycles. The summed E-state index contributed by atoms with van der Waals surface area (Å²) in [6.07, 6.45) is 1.42. The van der Waals surface area contributed by atoms with Gasteiger partial charge in [0.25, 0.3) is 5.91 Å². The topological polar surface area (TPSA) is 92.2 Å². The number of nitrogens with one attached hydrogen (secondary N) is 1. The Balaban J connectivity index is 2.12. The molecule has 2 N–H and O–H groups in total. The maximum absolute atomic E-state index is 11.6. The molecule has 82 valence electrons. The van der Waals surface area contributed by atoms with Crippen molar-refractivity contribution in [3.63, 3.8) is 0 Å². The first-order valence-corrected chi connectivity index (χ1v) is 5.67. The van der Waals surface area contributed by atoms with Crippen molar-refractivity contribution in [3.8, 4) is 0 Å². The second-order valence-electron chi connectivity index (χ2n) is 2.70. The molecular formula is C8H5N3O3S2. The summed E-state index contributed by atoms with van der Waals surface area (Å²) >= 11 is 1.98. The number of hydrogen-bond acceptors (Lipinski definition) is 6. The average molecular weight is 255 g/mol. The molecule has 1 amide bonds. The third-order valence-electron chi connectivity index (χ3n) is 1.64. The normalized spacial score (nSPS) is 10.0. The molecule has 6 nitrogen and oxygen atoms in total. The number of anilines is 1. The molecule has 16 heavy (non-hydrogen) atoms. The fraction of sp³-hybridized carbons (Fsp3) is 0. The Kier molecular flexibility index (Phi) is 2.93. The lowest BCUT2D eigenvalue weighted by molar-refractivity contribution is 0.0702. The van der Waals surface area contributed by atoms with Gasteiger partial charge in [-0.05, 0) is 12.1 Å². The minimum Gasteiger partial charge on any atom is -0.477 e. The smallest absolute Gasteiger partial charge is 0.345 e. The van der Waals surface area contributed by atoms with Crippen LogP contribution >= 0.6 is 22.9 Å². The molecule has 0 saturated heterocycles. The number of thiophene rings is 1. The molecule has 0 aliphatic rings. The summed E-state index contributed by atoms with van der Waals surface area (Å²) in [4.78, 5) is 22.7. The lowest BCUT2D eigenvalue weighted by Crippen LogP contribution is -2.08. The molecule has 2 heterocycles. The van der Waals surface area contributed by atoms with E-state index in [2.05, 4.69) is 14.9 Å². The third-order valence-corrected chi connectivity index (χ3v) is 3.29. The lowest BCUT2D eigenvalue weighted by atomic mass is 10.4. The molecule has 0 fully saturated rings. The number of aromatic nitrogens is 2. The highest BCUT2D eigenvalue weighted by atomic mass is 32.1. The van der Waals surface area contributed by atoms with Gasteiger partial charge in [-0.15, -0.1) is 16.4 Å². The monoisotopic (exact) mass is 255 g/mol. The number of amides is 1. The Bertz CT molecular complexity index is 520. The van der Waals surface area contributed by atoms with Crippen LogP contribution in [0.1, 0.15) is 19.3 Å². The zero-order valence-electron chi connectivity index (χ0n) is 7.71. The minimum absolute atomic E-state index is 0.132. The summed E-state index contributed by atoms with van der Waals surface area (Å²) in [5, 5.41) is 15.3. The largest absolute Gasteiger partial charge is 0.477 e. The molecule has 2 rings (SSSR count). The van der Waals surface area contributed by atoms with Crippen molar-refractivity contribution in [3.05, 3.63) is 28.1 Å². The Morgan fingerprint density at radius 2 is 2.06 bits per heavy atom. The minimum atomic E-state index is -1.04. The zero-order valence-corrected chi connectivity index (χ0v) is 9.34. The van der Waals surface area contributed by atoms with E-state index in [4.69, 9.17) is 5.11 Å². The predicted octanol–water partition coefficient (Wildman–Crippen LogP) is 1.55. The summed E-state index contributed by atoms with van der Waals surface area (Å²) in [5.41, 5.74) is 0. The van der Waals surface area contributed by atoms with Crippen LogP contribution in [0.5, 0.6) is 0 Å². The van der Waals surface area contributed by atoms with Gasteiger partial charge >= 0.3 is 5.97 Å². The standard InChI is InChI=1S/C8H5N3O3S2/c12-7(10-6-3-9-11-16-6)4-1-2-5(15-4)8(13)14/h1-3H,(H,10,12)(H,13,14). The number of nitrogens with zero attached hydrogens (tertiary/aromatic N) is 2. The van der Waals surface area contributed by atoms with Crippen LogP contribution in [-0.4, -0.2) is 26.6 Å². The van der Waals surface area contributed by atoms with Crippen LogP contribution in [0.4, 0.5) is 5.00 Å². The fourth-order valence-corrected chi connectivity index (χ4v) is 2.13. The SMILES string of the molecule is O=C(O)c1ccc(C(=O)Nc2cnns2)s1. The second-order valence-corrected chi connectivity index (χ2v) is 4.57. The predicted molar refractivity (Wildman–Crippen MR) is 59.1 cm³/mol. The molecule has 0 aliphatic heterocycles.